The molecule has 4 aliphatic rings. The Balaban J connectivity index is 0.000000176. The van der Waals surface area contributed by atoms with Gasteiger partial charge >= 0.3 is 17.4 Å². The second kappa shape index (κ2) is 27.9. The van der Waals surface area contributed by atoms with E-state index < -0.39 is 71.9 Å². The third-order valence-electron chi connectivity index (χ3n) is 20.3. The number of Topliss-reactive ketones (excluding diaryl/α,β-unsaturated/α-hetero) is 3. The molecule has 1 heterocycles. The predicted octanol–water partition coefficient (Wildman–Crippen LogP) is 17.0. The number of esters is 1. The average Bonchev–Trinajstić information content (AvgIpc) is 1.69. The van der Waals surface area contributed by atoms with E-state index >= 15 is 0 Å². The lowest BCUT2D eigenvalue weighted by atomic mass is 9.44. The molecule has 0 N–H and O–H groups in total. The van der Waals surface area contributed by atoms with Crippen molar-refractivity contribution in [1.29, 1.82) is 0 Å². The third-order valence-corrected chi connectivity index (χ3v) is 26.6. The second-order valence-corrected chi connectivity index (χ2v) is 35.3. The van der Waals surface area contributed by atoms with Crippen LogP contribution in [0.5, 0.6) is 5.75 Å². The SMILES string of the molecule is CC(C)(C)c1ccc([S+](c2ccc(OC(CS(=O)(=O)[O-])C(F)(F)F)cc2)c2ccc(C(C)(C)C)cc2)cc1.CC(CCC(=O)OC(C)C(F)(F)S(=O)(=O)[O-])[C@H]1CC[C@H]2[C@@H]3C(=O)C[C@@H]4CC(=O)CC[C@]4(C)[C@H]3CC(=O)[C@]12C.c1ccc(-[s+]2c3ccccc3c3ccccc32)cc1. The maximum atomic E-state index is 13.8. The van der Waals surface area contributed by atoms with E-state index in [0.29, 0.717) is 51.9 Å². The van der Waals surface area contributed by atoms with Crippen molar-refractivity contribution < 1.29 is 76.5 Å². The van der Waals surface area contributed by atoms with Gasteiger partial charge in [-0.3, -0.25) is 19.2 Å². The number of hydrogen-bond donors (Lipinski definition) is 0. The number of rotatable bonds is 15. The zero-order valence-corrected chi connectivity index (χ0v) is 58.3. The van der Waals surface area contributed by atoms with Crippen molar-refractivity contribution in [2.24, 2.45) is 46.3 Å². The molecule has 6 aromatic carbocycles. The lowest BCUT2D eigenvalue weighted by Gasteiger charge is -2.58. The molecule has 4 aliphatic carbocycles. The maximum Gasteiger partial charge on any atom is 0.426 e. The molecule has 4 fully saturated rings. The molecule has 4 saturated carbocycles. The van der Waals surface area contributed by atoms with Crippen molar-refractivity contribution in [3.63, 3.8) is 0 Å². The van der Waals surface area contributed by atoms with E-state index in [1.54, 1.807) is 12.1 Å². The highest BCUT2D eigenvalue weighted by molar-refractivity contribution is 7.97. The first-order valence-electron chi connectivity index (χ1n) is 32.0. The third kappa shape index (κ3) is 15.8. The van der Waals surface area contributed by atoms with Crippen LogP contribution in [0.3, 0.4) is 0 Å². The normalized spacial score (nSPS) is 23.5. The van der Waals surface area contributed by atoms with Crippen molar-refractivity contribution in [1.82, 2.24) is 0 Å². The van der Waals surface area contributed by atoms with Crippen LogP contribution in [0.1, 0.15) is 138 Å². The molecule has 7 aromatic rings. The lowest BCUT2D eigenvalue weighted by molar-refractivity contribution is -0.188. The largest absolute Gasteiger partial charge is 0.748 e. The van der Waals surface area contributed by atoms with E-state index in [9.17, 15) is 67.1 Å². The number of fused-ring (bicyclic) bond motifs is 8. The van der Waals surface area contributed by atoms with Gasteiger partial charge in [0, 0.05) is 64.7 Å². The number of halogens is 5. The summed E-state index contributed by atoms with van der Waals surface area (Å²) in [6, 6.07) is 51.2. The Morgan fingerprint density at radius 2 is 1.15 bits per heavy atom. The number of carbonyl (C=O) groups excluding carboxylic acids is 4. The van der Waals surface area contributed by atoms with Crippen LogP contribution < -0.4 is 4.74 Å². The van der Waals surface area contributed by atoms with Gasteiger partial charge in [0.1, 0.15) is 23.1 Å². The molecule has 11 rings (SSSR count). The van der Waals surface area contributed by atoms with Crippen LogP contribution in [0.15, 0.2) is 166 Å². The first-order chi connectivity index (χ1) is 44.2. The van der Waals surface area contributed by atoms with Crippen molar-refractivity contribution in [3.8, 4) is 10.6 Å². The van der Waals surface area contributed by atoms with Gasteiger partial charge in [-0.05, 0) is 174 Å². The minimum Gasteiger partial charge on any atom is -0.748 e. The molecule has 1 aromatic heterocycles. The zero-order valence-electron chi connectivity index (χ0n) is 55.0. The number of ether oxygens (including phenoxy) is 2. The van der Waals surface area contributed by atoms with E-state index in [-0.39, 0.29) is 98.2 Å². The van der Waals surface area contributed by atoms with Gasteiger partial charge in [-0.1, -0.05) is 129 Å². The molecule has 0 spiro atoms. The number of alkyl halides is 5. The molecular formula is C74H83F5O12S4. The van der Waals surface area contributed by atoms with Gasteiger partial charge in [0.2, 0.25) is 6.10 Å². The van der Waals surface area contributed by atoms with Crippen molar-refractivity contribution in [2.75, 3.05) is 5.75 Å². The van der Waals surface area contributed by atoms with Crippen LogP contribution in [-0.2, 0) is 65.9 Å². The van der Waals surface area contributed by atoms with Crippen molar-refractivity contribution in [3.05, 3.63) is 163 Å². The number of ketones is 3. The fourth-order valence-electron chi connectivity index (χ4n) is 14.9. The van der Waals surface area contributed by atoms with Crippen LogP contribution in [0.2, 0.25) is 0 Å². The maximum absolute atomic E-state index is 13.8. The molecule has 0 amide bonds. The fourth-order valence-corrected chi connectivity index (χ4v) is 20.4. The Morgan fingerprint density at radius 1 is 0.653 bits per heavy atom. The van der Waals surface area contributed by atoms with Gasteiger partial charge in [0.05, 0.1) is 26.8 Å². The minimum absolute atomic E-state index is 0.0110. The summed E-state index contributed by atoms with van der Waals surface area (Å²) in [5, 5.41) is -1.95. The zero-order chi connectivity index (χ0) is 69.6. The van der Waals surface area contributed by atoms with Crippen LogP contribution >= 0.6 is 10.5 Å². The molecule has 12 nitrogen and oxygen atoms in total. The summed E-state index contributed by atoms with van der Waals surface area (Å²) in [5.74, 6) is -3.16. The number of thiophene rings is 1. The molecular weight excluding hydrogens is 1300 g/mol. The quantitative estimate of drug-likeness (QED) is 0.0407. The van der Waals surface area contributed by atoms with Gasteiger partial charge in [0.15, 0.2) is 45.2 Å². The van der Waals surface area contributed by atoms with Gasteiger partial charge in [-0.15, -0.1) is 0 Å². The van der Waals surface area contributed by atoms with Crippen LogP contribution in [0, 0.1) is 46.3 Å². The summed E-state index contributed by atoms with van der Waals surface area (Å²) in [7, 11) is -11.6. The first kappa shape index (κ1) is 72.9. The second-order valence-electron chi connectivity index (χ2n) is 28.4. The Hall–Kier alpha value is -6.36. The van der Waals surface area contributed by atoms with E-state index in [4.69, 9.17) is 4.74 Å². The minimum atomic E-state index is -5.99. The Kier molecular flexibility index (Phi) is 21.4. The summed E-state index contributed by atoms with van der Waals surface area (Å²) in [4.78, 5) is 55.9. The highest BCUT2D eigenvalue weighted by atomic mass is 32.2. The molecule has 0 radical (unpaired) electrons. The number of carbonyl (C=O) groups is 4. The molecule has 21 heteroatoms. The molecule has 0 aliphatic heterocycles. The molecule has 95 heavy (non-hydrogen) atoms. The smallest absolute Gasteiger partial charge is 0.426 e. The van der Waals surface area contributed by atoms with Crippen LogP contribution in [-0.4, -0.2) is 78.7 Å². The van der Waals surface area contributed by atoms with Crippen LogP contribution in [0.4, 0.5) is 22.0 Å². The first-order valence-corrected chi connectivity index (χ1v) is 37.5. The Bertz CT molecular complexity index is 4050. The summed E-state index contributed by atoms with van der Waals surface area (Å²) in [6.45, 7) is 19.4. The van der Waals surface area contributed by atoms with Gasteiger partial charge in [-0.2, -0.15) is 22.0 Å². The topological polar surface area (TPSA) is 201 Å². The van der Waals surface area contributed by atoms with E-state index in [0.717, 1.165) is 14.7 Å². The molecule has 510 valence electrons. The predicted molar refractivity (Wildman–Crippen MR) is 359 cm³/mol. The summed E-state index contributed by atoms with van der Waals surface area (Å²) in [6.07, 6.45) is -6.55. The van der Waals surface area contributed by atoms with E-state index in [1.807, 2.05) is 13.8 Å². The molecule has 0 saturated heterocycles. The van der Waals surface area contributed by atoms with Crippen molar-refractivity contribution in [2.45, 2.75) is 176 Å². The highest BCUT2D eigenvalue weighted by Gasteiger charge is 2.66. The summed E-state index contributed by atoms with van der Waals surface area (Å²) in [5.41, 5.74) is 1.37. The molecule has 0 bridgehead atoms. The Morgan fingerprint density at radius 3 is 1.63 bits per heavy atom. The standard InChI is InChI=1S/C29H33F3O4S2.C27H38F2O8S.C18H13S/c1-27(2,3)20-7-13-23(14-8-20)37(24-15-9-21(10-16-24)28(4,5)6)25-17-11-22(12-18-25)36-26(29(30,31)32)19-38(33,34)35;1-14(5-8-23(33)37-15(2)27(28,29)38(34,35)36)18-6-7-19-24-20(13-22(32)26(18,19)4)25(3)10-9-17(30)11-16(25)12-21(24)31;1-2-8-14(9-3-1)19-17-12-6-4-10-15(17)16-11-5-7-13-18(16)19/h7-18,26H,19H2,1-6H3;14-16,18-20,24H,5-13H2,1-4H3,(H,34,35,36);1-13H/q;;+1/p-1/t;14?,15?,16-,18+,19-,20-,24-,25-,26+;/m.0./s1. The van der Waals surface area contributed by atoms with Crippen LogP contribution in [0.25, 0.3) is 25.1 Å². The number of hydrogen-bond acceptors (Lipinski definition) is 12. The van der Waals surface area contributed by atoms with Gasteiger partial charge in [-0.25, -0.2) is 16.8 Å². The summed E-state index contributed by atoms with van der Waals surface area (Å²) < 4.78 is 145. The van der Waals surface area contributed by atoms with Gasteiger partial charge in [0.25, 0.3) is 0 Å². The molecule has 3 unspecified atom stereocenters. The number of benzene rings is 6. The van der Waals surface area contributed by atoms with Gasteiger partial charge < -0.3 is 18.6 Å². The summed E-state index contributed by atoms with van der Waals surface area (Å²) >= 11 is 0. The van der Waals surface area contributed by atoms with Crippen molar-refractivity contribution >= 4 is 85.1 Å². The molecule has 10 atom stereocenters. The van der Waals surface area contributed by atoms with E-state index in [1.165, 1.54) is 48.3 Å². The van der Waals surface area contributed by atoms with E-state index in [2.05, 4.69) is 181 Å². The fraction of sp³-hybridized carbons (Fsp3) is 0.459. The average molecular weight is 1390 g/mol. The monoisotopic (exact) mass is 1390 g/mol. The lowest BCUT2D eigenvalue weighted by Crippen LogP contribution is -2.60. The Labute approximate surface area is 560 Å². The highest BCUT2D eigenvalue weighted by Crippen LogP contribution is 2.66.